The number of aryl methyl sites for hydroxylation is 1. The van der Waals surface area contributed by atoms with Crippen molar-refractivity contribution in [1.29, 1.82) is 0 Å². The maximum Gasteiger partial charge on any atom is 0.330 e. The zero-order valence-corrected chi connectivity index (χ0v) is 18.5. The summed E-state index contributed by atoms with van der Waals surface area (Å²) < 4.78 is 3.40. The van der Waals surface area contributed by atoms with Gasteiger partial charge in [-0.3, -0.25) is 18.8 Å². The third-order valence-electron chi connectivity index (χ3n) is 6.40. The highest BCUT2D eigenvalue weighted by Gasteiger charge is 2.41. The van der Waals surface area contributed by atoms with Crippen LogP contribution in [0.4, 0.5) is 0 Å². The molecule has 2 aliphatic rings. The molecule has 0 spiro atoms. The molecule has 0 radical (unpaired) electrons. The van der Waals surface area contributed by atoms with E-state index in [0.717, 1.165) is 23.2 Å². The molecule has 1 aliphatic carbocycles. The van der Waals surface area contributed by atoms with Crippen LogP contribution in [-0.4, -0.2) is 55.5 Å². The van der Waals surface area contributed by atoms with Gasteiger partial charge in [0.15, 0.2) is 5.65 Å². The van der Waals surface area contributed by atoms with E-state index in [1.54, 1.807) is 16.2 Å². The number of aldehydes is 1. The quantitative estimate of drug-likeness (QED) is 0.711. The van der Waals surface area contributed by atoms with Gasteiger partial charge in [-0.2, -0.15) is 0 Å². The molecule has 4 rings (SSSR count). The molecule has 3 atom stereocenters. The summed E-state index contributed by atoms with van der Waals surface area (Å²) in [6.07, 6.45) is 3.72. The summed E-state index contributed by atoms with van der Waals surface area (Å²) in [5.41, 5.74) is 3.47. The molecule has 2 aromatic rings. The molecule has 8 nitrogen and oxygen atoms in total. The minimum Gasteiger partial charge on any atom is -0.480 e. The molecule has 0 amide bonds. The van der Waals surface area contributed by atoms with Gasteiger partial charge in [-0.25, -0.2) is 9.78 Å². The molecular weight excluding hydrogens is 396 g/mol. The molecule has 3 unspecified atom stereocenters. The maximum absolute atomic E-state index is 12.8. The van der Waals surface area contributed by atoms with Gasteiger partial charge in [-0.1, -0.05) is 26.8 Å². The topological polar surface area (TPSA) is 97.4 Å². The number of hydrogen-bond donors (Lipinski definition) is 1. The second kappa shape index (κ2) is 7.75. The van der Waals surface area contributed by atoms with Crippen molar-refractivity contribution in [2.45, 2.75) is 46.2 Å². The van der Waals surface area contributed by atoms with E-state index in [4.69, 9.17) is 4.98 Å². The van der Waals surface area contributed by atoms with Gasteiger partial charge in [0.25, 0.3) is 0 Å². The Balaban J connectivity index is 1.59. The van der Waals surface area contributed by atoms with E-state index in [1.807, 2.05) is 17.0 Å². The number of fused-ring (bicyclic) bond motifs is 2. The average molecular weight is 427 g/mol. The Hall–Kier alpha value is -2.74. The first-order chi connectivity index (χ1) is 14.6. The van der Waals surface area contributed by atoms with Crippen LogP contribution in [0.5, 0.6) is 0 Å². The molecule has 1 N–H and O–H groups in total. The molecule has 8 heteroatoms. The second-order valence-electron chi connectivity index (χ2n) is 10.1. The minimum atomic E-state index is -0.941. The molecule has 2 aromatic heterocycles. The fourth-order valence-electron chi connectivity index (χ4n) is 4.97. The van der Waals surface area contributed by atoms with Crippen LogP contribution in [0.1, 0.15) is 39.3 Å². The van der Waals surface area contributed by atoms with E-state index in [0.29, 0.717) is 37.5 Å². The van der Waals surface area contributed by atoms with Crippen molar-refractivity contribution in [3.8, 4) is 0 Å². The standard InChI is InChI=1S/C23H30N4O4/c1-23(2,3)13-27-18-6-5-17(24-20(18)25(4)22(27)31)14-9-15-11-26(12-16(15)10-14)19(7-8-28)21(29)30/h5-6,8-9,15-16,19H,7,10-13H2,1-4H3,(H,29,30). The van der Waals surface area contributed by atoms with Crippen LogP contribution in [-0.2, 0) is 23.2 Å². The van der Waals surface area contributed by atoms with Gasteiger partial charge in [-0.15, -0.1) is 0 Å². The van der Waals surface area contributed by atoms with Gasteiger partial charge < -0.3 is 9.90 Å². The molecule has 0 saturated carbocycles. The van der Waals surface area contributed by atoms with Crippen molar-refractivity contribution in [3.63, 3.8) is 0 Å². The fourth-order valence-corrected chi connectivity index (χ4v) is 4.97. The van der Waals surface area contributed by atoms with Crippen LogP contribution in [0.25, 0.3) is 16.7 Å². The van der Waals surface area contributed by atoms with E-state index in [1.165, 1.54) is 0 Å². The number of hydrogen-bond acceptors (Lipinski definition) is 5. The first-order valence-corrected chi connectivity index (χ1v) is 10.8. The van der Waals surface area contributed by atoms with Crippen LogP contribution in [0.3, 0.4) is 0 Å². The molecule has 1 aliphatic heterocycles. The monoisotopic (exact) mass is 426 g/mol. The number of carbonyl (C=O) groups excluding carboxylic acids is 1. The van der Waals surface area contributed by atoms with Crippen molar-refractivity contribution in [1.82, 2.24) is 19.0 Å². The lowest BCUT2D eigenvalue weighted by molar-refractivity contribution is -0.144. The number of aromatic nitrogens is 3. The van der Waals surface area contributed by atoms with E-state index in [-0.39, 0.29) is 23.4 Å². The molecule has 1 fully saturated rings. The Bertz CT molecular complexity index is 1120. The zero-order valence-electron chi connectivity index (χ0n) is 18.5. The van der Waals surface area contributed by atoms with Crippen LogP contribution in [0.15, 0.2) is 23.0 Å². The molecular formula is C23H30N4O4. The zero-order chi connectivity index (χ0) is 22.5. The smallest absolute Gasteiger partial charge is 0.330 e. The number of carbonyl (C=O) groups is 2. The highest BCUT2D eigenvalue weighted by Crippen LogP contribution is 2.41. The minimum absolute atomic E-state index is 0.0170. The summed E-state index contributed by atoms with van der Waals surface area (Å²) in [4.78, 5) is 41.9. The highest BCUT2D eigenvalue weighted by atomic mass is 16.4. The normalized spacial score (nSPS) is 22.5. The summed E-state index contributed by atoms with van der Waals surface area (Å²) in [5.74, 6) is -0.352. The van der Waals surface area contributed by atoms with Crippen LogP contribution in [0.2, 0.25) is 0 Å². The lowest BCUT2D eigenvalue weighted by Crippen LogP contribution is -2.40. The van der Waals surface area contributed by atoms with Crippen LogP contribution in [0, 0.1) is 17.3 Å². The van der Waals surface area contributed by atoms with E-state index in [2.05, 4.69) is 26.8 Å². The van der Waals surface area contributed by atoms with Crippen LogP contribution < -0.4 is 5.69 Å². The SMILES string of the molecule is Cn1c(=O)n(CC(C)(C)C)c2ccc(C3=CC4CN(C(CC=O)C(=O)O)CC4C3)nc21. The van der Waals surface area contributed by atoms with Crippen molar-refractivity contribution >= 4 is 29.0 Å². The van der Waals surface area contributed by atoms with E-state index >= 15 is 0 Å². The first-order valence-electron chi connectivity index (χ1n) is 10.8. The number of pyridine rings is 1. The molecule has 3 heterocycles. The number of nitrogens with zero attached hydrogens (tertiary/aromatic N) is 4. The number of allylic oxidation sites excluding steroid dienone is 1. The Morgan fingerprint density at radius 2 is 2.06 bits per heavy atom. The van der Waals surface area contributed by atoms with Gasteiger partial charge in [0, 0.05) is 33.1 Å². The molecule has 0 bridgehead atoms. The average Bonchev–Trinajstić information content (AvgIpc) is 3.32. The number of carboxylic acids is 1. The number of aliphatic carboxylic acids is 1. The number of likely N-dealkylation sites (tertiary alicyclic amines) is 1. The number of imidazole rings is 1. The van der Waals surface area contributed by atoms with Crippen molar-refractivity contribution in [3.05, 3.63) is 34.4 Å². The van der Waals surface area contributed by atoms with Crippen molar-refractivity contribution < 1.29 is 14.7 Å². The molecule has 1 saturated heterocycles. The lowest BCUT2D eigenvalue weighted by Gasteiger charge is -2.23. The lowest BCUT2D eigenvalue weighted by atomic mass is 9.97. The largest absolute Gasteiger partial charge is 0.480 e. The van der Waals surface area contributed by atoms with Gasteiger partial charge in [0.1, 0.15) is 12.3 Å². The predicted molar refractivity (Wildman–Crippen MR) is 118 cm³/mol. The Morgan fingerprint density at radius 1 is 1.32 bits per heavy atom. The number of carboxylic acid groups (broad SMARTS) is 1. The summed E-state index contributed by atoms with van der Waals surface area (Å²) >= 11 is 0. The summed E-state index contributed by atoms with van der Waals surface area (Å²) in [6, 6.07) is 3.22. The van der Waals surface area contributed by atoms with Gasteiger partial charge in [0.05, 0.1) is 11.2 Å². The van der Waals surface area contributed by atoms with Crippen molar-refractivity contribution in [2.75, 3.05) is 13.1 Å². The molecule has 0 aromatic carbocycles. The molecule has 166 valence electrons. The Kier molecular flexibility index (Phi) is 5.37. The molecule has 31 heavy (non-hydrogen) atoms. The Labute approximate surface area is 181 Å². The first kappa shape index (κ1) is 21.5. The highest BCUT2D eigenvalue weighted by molar-refractivity contribution is 5.78. The Morgan fingerprint density at radius 3 is 2.68 bits per heavy atom. The van der Waals surface area contributed by atoms with Gasteiger partial charge >= 0.3 is 11.7 Å². The van der Waals surface area contributed by atoms with Gasteiger partial charge in [-0.05, 0) is 41.4 Å². The van der Waals surface area contributed by atoms with E-state index in [9.17, 15) is 19.5 Å². The van der Waals surface area contributed by atoms with Crippen LogP contribution >= 0.6 is 0 Å². The fraction of sp³-hybridized carbons (Fsp3) is 0.565. The third-order valence-corrected chi connectivity index (χ3v) is 6.40. The predicted octanol–water partition coefficient (Wildman–Crippen LogP) is 2.16. The van der Waals surface area contributed by atoms with Crippen molar-refractivity contribution in [2.24, 2.45) is 24.3 Å². The second-order valence-corrected chi connectivity index (χ2v) is 10.1. The summed E-state index contributed by atoms with van der Waals surface area (Å²) in [5, 5.41) is 9.42. The number of rotatable bonds is 6. The van der Waals surface area contributed by atoms with Gasteiger partial charge in [0.2, 0.25) is 0 Å². The summed E-state index contributed by atoms with van der Waals surface area (Å²) in [6.45, 7) is 8.25. The summed E-state index contributed by atoms with van der Waals surface area (Å²) in [7, 11) is 1.76. The third kappa shape index (κ3) is 3.96. The van der Waals surface area contributed by atoms with E-state index < -0.39 is 12.0 Å². The maximum atomic E-state index is 12.8.